The van der Waals surface area contributed by atoms with Crippen LogP contribution in [0, 0.1) is 3.57 Å². The molecule has 0 aromatic carbocycles. The molecule has 6 heteroatoms. The molecule has 1 saturated heterocycles. The summed E-state index contributed by atoms with van der Waals surface area (Å²) in [4.78, 5) is 17.7. The molecule has 2 rings (SSSR count). The van der Waals surface area contributed by atoms with Gasteiger partial charge in [-0.1, -0.05) is 0 Å². The van der Waals surface area contributed by atoms with Crippen molar-refractivity contribution >= 4 is 28.5 Å². The molecule has 0 spiro atoms. The van der Waals surface area contributed by atoms with Crippen LogP contribution < -0.4 is 4.74 Å². The third-order valence-electron chi connectivity index (χ3n) is 2.69. The van der Waals surface area contributed by atoms with Gasteiger partial charge < -0.3 is 9.64 Å². The van der Waals surface area contributed by atoms with Crippen molar-refractivity contribution in [3.05, 3.63) is 21.4 Å². The quantitative estimate of drug-likeness (QED) is 0.765. The van der Waals surface area contributed by atoms with Crippen molar-refractivity contribution in [1.29, 1.82) is 0 Å². The first-order valence-electron chi connectivity index (χ1n) is 5.25. The zero-order chi connectivity index (χ0) is 12.4. The summed E-state index contributed by atoms with van der Waals surface area (Å²) in [5, 5.41) is 0. The van der Waals surface area contributed by atoms with Gasteiger partial charge in [0.05, 0.1) is 13.7 Å². The highest BCUT2D eigenvalue weighted by molar-refractivity contribution is 14.1. The number of likely N-dealkylation sites (tertiary alicyclic amines) is 1. The van der Waals surface area contributed by atoms with Crippen LogP contribution in [0.5, 0.6) is 5.88 Å². The van der Waals surface area contributed by atoms with Gasteiger partial charge in [0.15, 0.2) is 0 Å². The van der Waals surface area contributed by atoms with E-state index in [0.29, 0.717) is 24.4 Å². The summed E-state index contributed by atoms with van der Waals surface area (Å²) in [6, 6.07) is 1.74. The summed E-state index contributed by atoms with van der Waals surface area (Å²) in [5.41, 5.74) is 0.421. The summed E-state index contributed by atoms with van der Waals surface area (Å²) in [5.74, 6) is 0.0868. The summed E-state index contributed by atoms with van der Waals surface area (Å²) >= 11 is 2.06. The Morgan fingerprint density at radius 1 is 1.71 bits per heavy atom. The maximum atomic E-state index is 13.1. The Morgan fingerprint density at radius 3 is 3.06 bits per heavy atom. The monoisotopic (exact) mass is 350 g/mol. The number of aromatic nitrogens is 1. The lowest BCUT2D eigenvalue weighted by molar-refractivity contribution is 0.0777. The fourth-order valence-corrected chi connectivity index (χ4v) is 2.45. The van der Waals surface area contributed by atoms with Crippen LogP contribution in [-0.4, -0.2) is 42.2 Å². The fourth-order valence-electron chi connectivity index (χ4n) is 1.83. The highest BCUT2D eigenvalue weighted by atomic mass is 127. The number of halogens is 2. The second-order valence-corrected chi connectivity index (χ2v) is 4.98. The van der Waals surface area contributed by atoms with Gasteiger partial charge in [0.2, 0.25) is 5.88 Å². The maximum Gasteiger partial charge on any atom is 0.260 e. The molecular formula is C11H12FIN2O2. The molecule has 4 nitrogen and oxygen atoms in total. The van der Waals surface area contributed by atoms with Crippen molar-refractivity contribution in [2.24, 2.45) is 0 Å². The Hall–Kier alpha value is -0.920. The van der Waals surface area contributed by atoms with Crippen molar-refractivity contribution in [3.63, 3.8) is 0 Å². The number of ether oxygens (including phenoxy) is 1. The van der Waals surface area contributed by atoms with E-state index in [1.54, 1.807) is 12.3 Å². The highest BCUT2D eigenvalue weighted by Crippen LogP contribution is 2.25. The van der Waals surface area contributed by atoms with Gasteiger partial charge in [0.1, 0.15) is 11.7 Å². The molecule has 1 aromatic rings. The van der Waals surface area contributed by atoms with Crippen molar-refractivity contribution in [2.45, 2.75) is 12.6 Å². The molecule has 0 radical (unpaired) electrons. The Kier molecular flexibility index (Phi) is 3.80. The molecular weight excluding hydrogens is 338 g/mol. The molecule has 0 bridgehead atoms. The molecule has 92 valence electrons. The topological polar surface area (TPSA) is 42.4 Å². The summed E-state index contributed by atoms with van der Waals surface area (Å²) in [6.07, 6.45) is 1.07. The first-order valence-corrected chi connectivity index (χ1v) is 6.33. The van der Waals surface area contributed by atoms with Crippen molar-refractivity contribution in [1.82, 2.24) is 9.88 Å². The number of rotatable bonds is 2. The van der Waals surface area contributed by atoms with Crippen LogP contribution in [0.4, 0.5) is 4.39 Å². The van der Waals surface area contributed by atoms with E-state index >= 15 is 0 Å². The van der Waals surface area contributed by atoms with Gasteiger partial charge in [0.25, 0.3) is 5.91 Å². The molecule has 1 atom stereocenters. The Balaban J connectivity index is 2.30. The van der Waals surface area contributed by atoms with Crippen LogP contribution in [0.1, 0.15) is 16.8 Å². The van der Waals surface area contributed by atoms with E-state index in [9.17, 15) is 9.18 Å². The van der Waals surface area contributed by atoms with E-state index in [4.69, 9.17) is 4.74 Å². The zero-order valence-electron chi connectivity index (χ0n) is 9.32. The lowest BCUT2D eigenvalue weighted by Gasteiger charge is -2.17. The van der Waals surface area contributed by atoms with Gasteiger partial charge in [-0.2, -0.15) is 0 Å². The fraction of sp³-hybridized carbons (Fsp3) is 0.455. The molecule has 0 saturated carbocycles. The lowest BCUT2D eigenvalue weighted by atomic mass is 10.2. The van der Waals surface area contributed by atoms with E-state index in [1.807, 2.05) is 0 Å². The number of methoxy groups -OCH3 is 1. The summed E-state index contributed by atoms with van der Waals surface area (Å²) in [6.45, 7) is 0.612. The van der Waals surface area contributed by atoms with E-state index in [1.165, 1.54) is 12.0 Å². The first-order chi connectivity index (χ1) is 8.13. The third kappa shape index (κ3) is 2.51. The Labute approximate surface area is 112 Å². The van der Waals surface area contributed by atoms with Gasteiger partial charge in [-0.15, -0.1) is 0 Å². The number of alkyl halides is 1. The predicted molar refractivity (Wildman–Crippen MR) is 68.9 cm³/mol. The van der Waals surface area contributed by atoms with E-state index in [0.717, 1.165) is 3.57 Å². The average Bonchev–Trinajstić information content (AvgIpc) is 2.74. The van der Waals surface area contributed by atoms with E-state index in [2.05, 4.69) is 27.6 Å². The highest BCUT2D eigenvalue weighted by Gasteiger charge is 2.29. The zero-order valence-corrected chi connectivity index (χ0v) is 11.5. The van der Waals surface area contributed by atoms with E-state index < -0.39 is 6.17 Å². The lowest BCUT2D eigenvalue weighted by Crippen LogP contribution is -2.30. The van der Waals surface area contributed by atoms with Gasteiger partial charge in [-0.25, -0.2) is 9.37 Å². The largest absolute Gasteiger partial charge is 0.480 e. The first kappa shape index (κ1) is 12.5. The second kappa shape index (κ2) is 5.16. The summed E-state index contributed by atoms with van der Waals surface area (Å²) in [7, 11) is 1.47. The minimum absolute atomic E-state index is 0.160. The number of nitrogens with zero attached hydrogens (tertiary/aromatic N) is 2. The van der Waals surface area contributed by atoms with Gasteiger partial charge in [0, 0.05) is 16.3 Å². The predicted octanol–water partition coefficient (Wildman–Crippen LogP) is 1.88. The molecule has 17 heavy (non-hydrogen) atoms. The minimum Gasteiger partial charge on any atom is -0.480 e. The molecule has 1 fully saturated rings. The van der Waals surface area contributed by atoms with Gasteiger partial charge in [-0.3, -0.25) is 4.79 Å². The Bertz CT molecular complexity index is 441. The number of amides is 1. The molecule has 0 aliphatic carbocycles. The molecule has 1 amide bonds. The van der Waals surface area contributed by atoms with Crippen LogP contribution >= 0.6 is 22.6 Å². The average molecular weight is 350 g/mol. The van der Waals surface area contributed by atoms with Gasteiger partial charge >= 0.3 is 0 Å². The standard InChI is InChI=1S/C11H12FIN2O2/c1-17-10-9(8(13)2-4-14-10)11(16)15-5-3-7(12)6-15/h2,4,7H,3,5-6H2,1H3/t7-/m1/s1. The molecule has 1 aromatic heterocycles. The van der Waals surface area contributed by atoms with Crippen molar-refractivity contribution in [3.8, 4) is 5.88 Å². The van der Waals surface area contributed by atoms with Crippen molar-refractivity contribution in [2.75, 3.05) is 20.2 Å². The molecule has 1 aliphatic rings. The van der Waals surface area contributed by atoms with E-state index in [-0.39, 0.29) is 12.5 Å². The normalized spacial score (nSPS) is 19.5. The molecule has 2 heterocycles. The number of carbonyl (C=O) groups is 1. The SMILES string of the molecule is COc1nccc(I)c1C(=O)N1CC[C@@H](F)C1. The number of pyridine rings is 1. The third-order valence-corrected chi connectivity index (χ3v) is 3.59. The van der Waals surface area contributed by atoms with Crippen molar-refractivity contribution < 1.29 is 13.9 Å². The van der Waals surface area contributed by atoms with Crippen LogP contribution in [0.2, 0.25) is 0 Å². The van der Waals surface area contributed by atoms with Crippen LogP contribution in [-0.2, 0) is 0 Å². The second-order valence-electron chi connectivity index (χ2n) is 3.81. The molecule has 1 aliphatic heterocycles. The Morgan fingerprint density at radius 2 is 2.47 bits per heavy atom. The number of carbonyl (C=O) groups excluding carboxylic acids is 1. The number of hydrogen-bond acceptors (Lipinski definition) is 3. The van der Waals surface area contributed by atoms with Gasteiger partial charge in [-0.05, 0) is 35.1 Å². The van der Waals surface area contributed by atoms with Crippen LogP contribution in [0.15, 0.2) is 12.3 Å². The van der Waals surface area contributed by atoms with Crippen LogP contribution in [0.3, 0.4) is 0 Å². The maximum absolute atomic E-state index is 13.1. The summed E-state index contributed by atoms with van der Waals surface area (Å²) < 4.78 is 18.9. The number of hydrogen-bond donors (Lipinski definition) is 0. The molecule has 0 N–H and O–H groups in total. The smallest absolute Gasteiger partial charge is 0.260 e. The minimum atomic E-state index is -0.917. The molecule has 0 unspecified atom stereocenters. The van der Waals surface area contributed by atoms with Crippen LogP contribution in [0.25, 0.3) is 0 Å².